The van der Waals surface area contributed by atoms with E-state index in [1.807, 2.05) is 0 Å². The second-order valence-corrected chi connectivity index (χ2v) is 9.45. The molecule has 1 aliphatic carbocycles. The van der Waals surface area contributed by atoms with Crippen molar-refractivity contribution < 1.29 is 4.74 Å². The number of guanidine groups is 1. The molecular formula is C23H45N5O. The average molecular weight is 408 g/mol. The molecule has 2 heterocycles. The van der Waals surface area contributed by atoms with Gasteiger partial charge in [-0.2, -0.15) is 0 Å². The first-order valence-electron chi connectivity index (χ1n) is 12.3. The second kappa shape index (κ2) is 12.1. The van der Waals surface area contributed by atoms with Crippen LogP contribution in [0.1, 0.15) is 65.7 Å². The van der Waals surface area contributed by atoms with Crippen molar-refractivity contribution in [2.24, 2.45) is 10.9 Å². The van der Waals surface area contributed by atoms with Gasteiger partial charge < -0.3 is 20.3 Å². The number of morpholine rings is 1. The van der Waals surface area contributed by atoms with Crippen LogP contribution in [0.3, 0.4) is 0 Å². The lowest BCUT2D eigenvalue weighted by Gasteiger charge is -2.37. The predicted molar refractivity (Wildman–Crippen MR) is 122 cm³/mol. The van der Waals surface area contributed by atoms with E-state index in [-0.39, 0.29) is 0 Å². The maximum absolute atomic E-state index is 5.58. The van der Waals surface area contributed by atoms with Crippen molar-refractivity contribution in [2.75, 3.05) is 52.5 Å². The molecule has 3 fully saturated rings. The highest BCUT2D eigenvalue weighted by Crippen LogP contribution is 2.25. The minimum atomic E-state index is 0.446. The van der Waals surface area contributed by atoms with E-state index < -0.39 is 0 Å². The van der Waals surface area contributed by atoms with Gasteiger partial charge in [-0.15, -0.1) is 0 Å². The Morgan fingerprint density at radius 2 is 1.86 bits per heavy atom. The Kier molecular flexibility index (Phi) is 9.53. The van der Waals surface area contributed by atoms with Crippen LogP contribution < -0.4 is 10.6 Å². The number of nitrogens with one attached hydrogen (secondary N) is 2. The van der Waals surface area contributed by atoms with Crippen molar-refractivity contribution in [1.29, 1.82) is 0 Å². The summed E-state index contributed by atoms with van der Waals surface area (Å²) in [6.07, 6.45) is 9.73. The molecule has 168 valence electrons. The predicted octanol–water partition coefficient (Wildman–Crippen LogP) is 2.70. The summed E-state index contributed by atoms with van der Waals surface area (Å²) < 4.78 is 5.58. The van der Waals surface area contributed by atoms with Gasteiger partial charge in [0.15, 0.2) is 5.96 Å². The maximum Gasteiger partial charge on any atom is 0.191 e. The van der Waals surface area contributed by atoms with Crippen LogP contribution in [-0.2, 0) is 4.74 Å². The quantitative estimate of drug-likeness (QED) is 0.502. The summed E-state index contributed by atoms with van der Waals surface area (Å²) in [7, 11) is 0. The van der Waals surface area contributed by atoms with Crippen LogP contribution in [-0.4, -0.2) is 86.4 Å². The molecule has 0 aromatic rings. The van der Waals surface area contributed by atoms with Gasteiger partial charge in [-0.25, -0.2) is 0 Å². The number of hydrogen-bond donors (Lipinski definition) is 2. The van der Waals surface area contributed by atoms with Crippen LogP contribution in [0.25, 0.3) is 0 Å². The largest absolute Gasteiger partial charge is 0.379 e. The average Bonchev–Trinajstić information content (AvgIpc) is 2.74. The van der Waals surface area contributed by atoms with Gasteiger partial charge in [0, 0.05) is 50.8 Å². The van der Waals surface area contributed by atoms with Crippen molar-refractivity contribution in [3.8, 4) is 0 Å². The topological polar surface area (TPSA) is 52.1 Å². The van der Waals surface area contributed by atoms with Crippen molar-refractivity contribution >= 4 is 5.96 Å². The lowest BCUT2D eigenvalue weighted by atomic mass is 9.88. The molecular weight excluding hydrogens is 362 g/mol. The molecule has 0 radical (unpaired) electrons. The van der Waals surface area contributed by atoms with Crippen LogP contribution in [0.15, 0.2) is 4.99 Å². The van der Waals surface area contributed by atoms with Gasteiger partial charge in [0.05, 0.1) is 19.8 Å². The molecule has 1 saturated carbocycles. The van der Waals surface area contributed by atoms with E-state index in [4.69, 9.17) is 9.73 Å². The van der Waals surface area contributed by atoms with E-state index in [0.717, 1.165) is 44.7 Å². The minimum absolute atomic E-state index is 0.446. The molecule has 2 unspecified atom stereocenters. The fraction of sp³-hybridized carbons (Fsp3) is 0.957. The van der Waals surface area contributed by atoms with E-state index in [9.17, 15) is 0 Å². The SMILES string of the molecule is CCNC(=NCC(C)N1CCOCC1C)NC1CCN(CC2CCCCC2)CC1. The van der Waals surface area contributed by atoms with E-state index in [1.165, 1.54) is 64.6 Å². The van der Waals surface area contributed by atoms with Crippen molar-refractivity contribution in [1.82, 2.24) is 20.4 Å². The Morgan fingerprint density at radius 1 is 1.10 bits per heavy atom. The lowest BCUT2D eigenvalue weighted by Crippen LogP contribution is -2.51. The van der Waals surface area contributed by atoms with Crippen LogP contribution in [0, 0.1) is 5.92 Å². The summed E-state index contributed by atoms with van der Waals surface area (Å²) in [6, 6.07) is 1.48. The highest BCUT2D eigenvalue weighted by molar-refractivity contribution is 5.80. The third kappa shape index (κ3) is 7.41. The molecule has 3 aliphatic rings. The normalized spacial score (nSPS) is 27.7. The highest BCUT2D eigenvalue weighted by atomic mass is 16.5. The Bertz CT molecular complexity index is 486. The first kappa shape index (κ1) is 22.8. The smallest absolute Gasteiger partial charge is 0.191 e. The summed E-state index contributed by atoms with van der Waals surface area (Å²) in [5, 5.41) is 7.18. The molecule has 0 amide bonds. The van der Waals surface area contributed by atoms with Gasteiger partial charge in [0.2, 0.25) is 0 Å². The highest BCUT2D eigenvalue weighted by Gasteiger charge is 2.25. The van der Waals surface area contributed by atoms with Gasteiger partial charge in [0.1, 0.15) is 0 Å². The Morgan fingerprint density at radius 3 is 2.55 bits per heavy atom. The Balaban J connectivity index is 1.42. The molecule has 0 aromatic heterocycles. The summed E-state index contributed by atoms with van der Waals surface area (Å²) in [5.41, 5.74) is 0. The summed E-state index contributed by atoms with van der Waals surface area (Å²) in [6.45, 7) is 14.9. The van der Waals surface area contributed by atoms with E-state index in [0.29, 0.717) is 18.1 Å². The van der Waals surface area contributed by atoms with E-state index in [2.05, 4.69) is 41.2 Å². The molecule has 6 nitrogen and oxygen atoms in total. The van der Waals surface area contributed by atoms with Gasteiger partial charge in [0.25, 0.3) is 0 Å². The fourth-order valence-corrected chi connectivity index (χ4v) is 5.23. The van der Waals surface area contributed by atoms with Gasteiger partial charge >= 0.3 is 0 Å². The molecule has 3 rings (SSSR count). The summed E-state index contributed by atoms with van der Waals surface area (Å²) in [5.74, 6) is 1.95. The molecule has 0 bridgehead atoms. The number of piperidine rings is 1. The van der Waals surface area contributed by atoms with E-state index in [1.54, 1.807) is 0 Å². The first-order chi connectivity index (χ1) is 14.2. The van der Waals surface area contributed by atoms with Crippen LogP contribution in [0.4, 0.5) is 0 Å². The van der Waals surface area contributed by atoms with Gasteiger partial charge in [-0.1, -0.05) is 19.3 Å². The van der Waals surface area contributed by atoms with Crippen molar-refractivity contribution in [3.05, 3.63) is 0 Å². The lowest BCUT2D eigenvalue weighted by molar-refractivity contribution is -0.0166. The third-order valence-electron chi connectivity index (χ3n) is 7.01. The van der Waals surface area contributed by atoms with E-state index >= 15 is 0 Å². The number of aliphatic imine (C=N–C) groups is 1. The first-order valence-corrected chi connectivity index (χ1v) is 12.3. The number of nitrogens with zero attached hydrogens (tertiary/aromatic N) is 3. The molecule has 2 saturated heterocycles. The Labute approximate surface area is 178 Å². The third-order valence-corrected chi connectivity index (χ3v) is 7.01. The minimum Gasteiger partial charge on any atom is -0.379 e. The zero-order valence-corrected chi connectivity index (χ0v) is 19.2. The molecule has 2 atom stereocenters. The second-order valence-electron chi connectivity index (χ2n) is 9.45. The van der Waals surface area contributed by atoms with Crippen LogP contribution >= 0.6 is 0 Å². The molecule has 2 aliphatic heterocycles. The molecule has 0 aromatic carbocycles. The van der Waals surface area contributed by atoms with Gasteiger partial charge in [-0.3, -0.25) is 9.89 Å². The molecule has 29 heavy (non-hydrogen) atoms. The van der Waals surface area contributed by atoms with Gasteiger partial charge in [-0.05, 0) is 52.4 Å². The summed E-state index contributed by atoms with van der Waals surface area (Å²) in [4.78, 5) is 10.2. The van der Waals surface area contributed by atoms with Crippen LogP contribution in [0.2, 0.25) is 0 Å². The molecule has 0 spiro atoms. The van der Waals surface area contributed by atoms with Crippen LogP contribution in [0.5, 0.6) is 0 Å². The Hall–Kier alpha value is -0.850. The number of likely N-dealkylation sites (tertiary alicyclic amines) is 1. The number of rotatable bonds is 7. The fourth-order valence-electron chi connectivity index (χ4n) is 5.23. The monoisotopic (exact) mass is 407 g/mol. The summed E-state index contributed by atoms with van der Waals surface area (Å²) >= 11 is 0. The zero-order chi connectivity index (χ0) is 20.5. The van der Waals surface area contributed by atoms with Crippen molar-refractivity contribution in [2.45, 2.75) is 83.8 Å². The van der Waals surface area contributed by atoms with Crippen molar-refractivity contribution in [3.63, 3.8) is 0 Å². The maximum atomic E-state index is 5.58. The number of hydrogen-bond acceptors (Lipinski definition) is 4. The molecule has 6 heteroatoms. The molecule has 2 N–H and O–H groups in total. The zero-order valence-electron chi connectivity index (χ0n) is 19.2. The number of ether oxygens (including phenoxy) is 1. The standard InChI is InChI=1S/C23H45N5O/c1-4-24-23(25-16-19(2)28-14-15-29-18-20(28)3)26-22-10-12-27(13-11-22)17-21-8-6-5-7-9-21/h19-22H,4-18H2,1-3H3,(H2,24,25,26).